The van der Waals surface area contributed by atoms with Crippen LogP contribution in [0.3, 0.4) is 0 Å². The maximum absolute atomic E-state index is 4.00. The van der Waals surface area contributed by atoms with Crippen molar-refractivity contribution >= 4 is 13.5 Å². The van der Waals surface area contributed by atoms with Crippen LogP contribution in [-0.2, 0) is 0 Å². The standard InChI is InChI=1S/2C2H2.H2S/c2*1-2;/h2*1-2H;1H2. The average Bonchev–Trinajstić information content (AvgIpc) is 1.50. The summed E-state index contributed by atoms with van der Waals surface area (Å²) in [6.45, 7) is 0. The summed E-state index contributed by atoms with van der Waals surface area (Å²) in [6.07, 6.45) is 16.0. The highest BCUT2D eigenvalue weighted by Crippen LogP contribution is 0.648. The van der Waals surface area contributed by atoms with Gasteiger partial charge in [-0.1, -0.05) is 0 Å². The van der Waals surface area contributed by atoms with Gasteiger partial charge in [0.1, 0.15) is 0 Å². The van der Waals surface area contributed by atoms with Crippen LogP contribution in [0, 0.1) is 25.7 Å². The molecule has 0 spiro atoms. The predicted molar refractivity (Wildman–Crippen MR) is 30.2 cm³/mol. The summed E-state index contributed by atoms with van der Waals surface area (Å²) < 4.78 is 0. The van der Waals surface area contributed by atoms with Crippen molar-refractivity contribution in [3.63, 3.8) is 0 Å². The number of terminal acetylenes is 2. The number of rotatable bonds is 0. The van der Waals surface area contributed by atoms with Crippen LogP contribution in [0.4, 0.5) is 0 Å². The monoisotopic (exact) mass is 86.0 g/mol. The Labute approximate surface area is 40.0 Å². The molecule has 0 aromatic rings. The summed E-state index contributed by atoms with van der Waals surface area (Å²) in [4.78, 5) is 0. The molecule has 0 atom stereocenters. The first-order valence-electron chi connectivity index (χ1n) is 0.667. The Morgan fingerprint density at radius 2 is 0.600 bits per heavy atom. The molecule has 28 valence electrons. The summed E-state index contributed by atoms with van der Waals surface area (Å²) in [5.41, 5.74) is 0. The molecule has 0 amide bonds. The van der Waals surface area contributed by atoms with E-state index in [1.165, 1.54) is 0 Å². The van der Waals surface area contributed by atoms with E-state index in [1.54, 1.807) is 0 Å². The molecule has 0 heterocycles. The van der Waals surface area contributed by atoms with Crippen molar-refractivity contribution in [3.8, 4) is 25.7 Å². The quantitative estimate of drug-likeness (QED) is 0.379. The highest BCUT2D eigenvalue weighted by atomic mass is 32.1. The Bertz CT molecular complexity index is 19.1. The maximum atomic E-state index is 4.00. The summed E-state index contributed by atoms with van der Waals surface area (Å²) in [5, 5.41) is 0. The van der Waals surface area contributed by atoms with Gasteiger partial charge in [-0.05, 0) is 0 Å². The topological polar surface area (TPSA) is 0 Å². The van der Waals surface area contributed by atoms with Crippen LogP contribution in [0.1, 0.15) is 0 Å². The van der Waals surface area contributed by atoms with Gasteiger partial charge in [0.05, 0.1) is 0 Å². The highest BCUT2D eigenvalue weighted by molar-refractivity contribution is 7.59. The van der Waals surface area contributed by atoms with E-state index in [-0.39, 0.29) is 13.5 Å². The summed E-state index contributed by atoms with van der Waals surface area (Å²) in [6, 6.07) is 0. The Balaban J connectivity index is -0.0000000133. The van der Waals surface area contributed by atoms with Crippen LogP contribution in [0.25, 0.3) is 0 Å². The molecule has 0 fully saturated rings. The molecule has 0 radical (unpaired) electrons. The van der Waals surface area contributed by atoms with Crippen LogP contribution >= 0.6 is 13.5 Å². The fourth-order valence-corrected chi connectivity index (χ4v) is 0. The Hall–Kier alpha value is -0.530. The lowest BCUT2D eigenvalue weighted by Crippen LogP contribution is -0.576. The van der Waals surface area contributed by atoms with Gasteiger partial charge in [-0.2, -0.15) is 13.5 Å². The zero-order valence-electron chi connectivity index (χ0n) is 2.81. The van der Waals surface area contributed by atoms with Crippen LogP contribution in [0.2, 0.25) is 0 Å². The number of hydrogen-bond acceptors (Lipinski definition) is 0. The molecular formula is C4H6S. The zero-order valence-corrected chi connectivity index (χ0v) is 3.81. The zero-order chi connectivity index (χ0) is 4.00. The molecule has 0 aromatic carbocycles. The van der Waals surface area contributed by atoms with E-state index in [9.17, 15) is 0 Å². The molecule has 0 aliphatic heterocycles. The van der Waals surface area contributed by atoms with Gasteiger partial charge in [-0.15, -0.1) is 25.7 Å². The van der Waals surface area contributed by atoms with Crippen molar-refractivity contribution in [1.29, 1.82) is 0 Å². The third kappa shape index (κ3) is 26.7. The molecule has 5 heavy (non-hydrogen) atoms. The fraction of sp³-hybridized carbons (Fsp3) is 0. The summed E-state index contributed by atoms with van der Waals surface area (Å²) >= 11 is 0. The Morgan fingerprint density at radius 1 is 0.600 bits per heavy atom. The van der Waals surface area contributed by atoms with E-state index < -0.39 is 0 Å². The minimum absolute atomic E-state index is 0. The molecule has 0 unspecified atom stereocenters. The molecular weight excluding hydrogens is 80.1 g/mol. The largest absolute Gasteiger partial charge is 0.197 e. The maximum Gasteiger partial charge on any atom is -0.124 e. The lowest BCUT2D eigenvalue weighted by molar-refractivity contribution is 3.31. The molecule has 0 aliphatic carbocycles. The van der Waals surface area contributed by atoms with E-state index >= 15 is 0 Å². The van der Waals surface area contributed by atoms with E-state index in [0.29, 0.717) is 0 Å². The van der Waals surface area contributed by atoms with E-state index in [1.807, 2.05) is 0 Å². The van der Waals surface area contributed by atoms with Gasteiger partial charge in [-0.25, -0.2) is 0 Å². The molecule has 1 heteroatoms. The van der Waals surface area contributed by atoms with Crippen molar-refractivity contribution in [2.45, 2.75) is 0 Å². The molecule has 0 bridgehead atoms. The van der Waals surface area contributed by atoms with E-state index in [4.69, 9.17) is 0 Å². The Morgan fingerprint density at radius 3 is 0.600 bits per heavy atom. The van der Waals surface area contributed by atoms with Gasteiger partial charge in [-0.3, -0.25) is 0 Å². The second-order valence-electron chi connectivity index (χ2n) is 0. The van der Waals surface area contributed by atoms with Crippen molar-refractivity contribution < 1.29 is 0 Å². The van der Waals surface area contributed by atoms with Crippen molar-refractivity contribution in [2.24, 2.45) is 0 Å². The first kappa shape index (κ1) is 24.9. The first-order valence-corrected chi connectivity index (χ1v) is 0.667. The predicted octanol–water partition coefficient (Wildman–Crippen LogP) is 0.612. The minimum Gasteiger partial charge on any atom is -0.197 e. The average molecular weight is 86.2 g/mol. The molecule has 0 aliphatic rings. The third-order valence-corrected chi connectivity index (χ3v) is 0. The van der Waals surface area contributed by atoms with Gasteiger partial charge in [0.25, 0.3) is 0 Å². The van der Waals surface area contributed by atoms with Gasteiger partial charge in [0.2, 0.25) is 0 Å². The minimum atomic E-state index is 0. The molecule has 0 aromatic heterocycles. The van der Waals surface area contributed by atoms with Gasteiger partial charge < -0.3 is 0 Å². The molecule has 0 rings (SSSR count). The highest BCUT2D eigenvalue weighted by Gasteiger charge is 0.456. The second kappa shape index (κ2) is 75.4. The SMILES string of the molecule is C#C.C#C.S. The Kier molecular flexibility index (Phi) is 375. The smallest absolute Gasteiger partial charge is 0.124 e. The lowest BCUT2D eigenvalue weighted by Gasteiger charge is -0.701. The molecule has 0 nitrogen and oxygen atoms in total. The molecule has 0 N–H and O–H groups in total. The van der Waals surface area contributed by atoms with E-state index in [2.05, 4.69) is 25.7 Å². The fourth-order valence-electron chi connectivity index (χ4n) is 0. The summed E-state index contributed by atoms with van der Waals surface area (Å²) in [5.74, 6) is 0. The van der Waals surface area contributed by atoms with Gasteiger partial charge in [0, 0.05) is 0 Å². The third-order valence-electron chi connectivity index (χ3n) is 0. The van der Waals surface area contributed by atoms with Crippen molar-refractivity contribution in [2.75, 3.05) is 0 Å². The summed E-state index contributed by atoms with van der Waals surface area (Å²) in [7, 11) is 0. The van der Waals surface area contributed by atoms with Gasteiger partial charge >= 0.3 is 0 Å². The van der Waals surface area contributed by atoms with Crippen LogP contribution in [0.15, 0.2) is 0 Å². The second-order valence-corrected chi connectivity index (χ2v) is 0. The van der Waals surface area contributed by atoms with E-state index in [0.717, 1.165) is 0 Å². The molecule has 0 saturated heterocycles. The van der Waals surface area contributed by atoms with Crippen molar-refractivity contribution in [3.05, 3.63) is 0 Å². The molecule has 0 saturated carbocycles. The van der Waals surface area contributed by atoms with Crippen LogP contribution in [0.5, 0.6) is 0 Å². The van der Waals surface area contributed by atoms with Crippen LogP contribution in [-0.4, -0.2) is 0 Å². The van der Waals surface area contributed by atoms with Crippen LogP contribution < -0.4 is 0 Å². The normalized spacial score (nSPS) is 0.800. The number of hydrogen-bond donors (Lipinski definition) is 0. The lowest BCUT2D eigenvalue weighted by atomic mass is 11.4. The van der Waals surface area contributed by atoms with Gasteiger partial charge in [0.15, 0.2) is 0 Å². The first-order chi connectivity index (χ1) is 2.00. The van der Waals surface area contributed by atoms with Crippen molar-refractivity contribution in [1.82, 2.24) is 0 Å².